The summed E-state index contributed by atoms with van der Waals surface area (Å²) in [4.78, 5) is 11.5. The zero-order valence-electron chi connectivity index (χ0n) is 13.2. The topological polar surface area (TPSA) is 49.8 Å². The first-order chi connectivity index (χ1) is 10.1. The second-order valence-corrected chi connectivity index (χ2v) is 7.60. The minimum Gasteiger partial charge on any atom is -0.366 e. The molecule has 3 unspecified atom stereocenters. The van der Waals surface area contributed by atoms with Gasteiger partial charge in [0.2, 0.25) is 5.95 Å². The molecule has 2 aromatic heterocycles. The molecule has 2 aromatic rings. The molecule has 0 amide bonds. The van der Waals surface area contributed by atoms with Crippen LogP contribution in [-0.4, -0.2) is 23.1 Å². The van der Waals surface area contributed by atoms with Gasteiger partial charge in [0, 0.05) is 18.0 Å². The highest BCUT2D eigenvalue weighted by Crippen LogP contribution is 2.34. The Balaban J connectivity index is 1.92. The molecule has 3 rings (SSSR count). The van der Waals surface area contributed by atoms with Crippen LogP contribution in [0.3, 0.4) is 0 Å². The zero-order valence-corrected chi connectivity index (χ0v) is 14.0. The van der Waals surface area contributed by atoms with E-state index in [4.69, 9.17) is 0 Å². The fraction of sp³-hybridized carbons (Fsp3) is 0.625. The minimum atomic E-state index is 0.518. The van der Waals surface area contributed by atoms with Crippen LogP contribution in [0.2, 0.25) is 0 Å². The smallest absolute Gasteiger partial charge is 0.225 e. The molecular weight excluding hydrogens is 280 g/mol. The van der Waals surface area contributed by atoms with E-state index in [1.54, 1.807) is 11.3 Å². The molecule has 3 atom stereocenters. The Morgan fingerprint density at radius 1 is 1.24 bits per heavy atom. The molecule has 0 bridgehead atoms. The van der Waals surface area contributed by atoms with Crippen molar-refractivity contribution >= 4 is 33.3 Å². The summed E-state index contributed by atoms with van der Waals surface area (Å²) in [7, 11) is 1.87. The Bertz CT molecular complexity index is 636. The van der Waals surface area contributed by atoms with E-state index in [-0.39, 0.29) is 0 Å². The van der Waals surface area contributed by atoms with E-state index >= 15 is 0 Å². The van der Waals surface area contributed by atoms with Gasteiger partial charge in [0.15, 0.2) is 0 Å². The first kappa shape index (κ1) is 14.6. The standard InChI is InChI=1S/C16H24N4S/c1-9-5-6-13(10(2)7-9)18-14-12-8-11(3)21-15(12)20-16(17-4)19-14/h8-10,13H,5-7H2,1-4H3,(H2,17,18,19,20). The number of hydrogen-bond acceptors (Lipinski definition) is 5. The van der Waals surface area contributed by atoms with Gasteiger partial charge in [0.05, 0.1) is 5.39 Å². The van der Waals surface area contributed by atoms with Crippen molar-refractivity contribution in [1.82, 2.24) is 9.97 Å². The quantitative estimate of drug-likeness (QED) is 0.888. The number of anilines is 2. The molecule has 2 N–H and O–H groups in total. The van der Waals surface area contributed by atoms with E-state index in [2.05, 4.69) is 47.4 Å². The molecule has 1 aliphatic rings. The number of nitrogens with zero attached hydrogens (tertiary/aromatic N) is 2. The van der Waals surface area contributed by atoms with E-state index < -0.39 is 0 Å². The summed E-state index contributed by atoms with van der Waals surface area (Å²) >= 11 is 1.73. The lowest BCUT2D eigenvalue weighted by atomic mass is 9.80. The SMILES string of the molecule is CNc1nc(NC2CCC(C)CC2C)c2cc(C)sc2n1. The van der Waals surface area contributed by atoms with Crippen LogP contribution in [0.25, 0.3) is 10.2 Å². The highest BCUT2D eigenvalue weighted by Gasteiger charge is 2.26. The van der Waals surface area contributed by atoms with Crippen molar-refractivity contribution in [1.29, 1.82) is 0 Å². The van der Waals surface area contributed by atoms with Gasteiger partial charge in [-0.3, -0.25) is 0 Å². The van der Waals surface area contributed by atoms with Gasteiger partial charge in [0.1, 0.15) is 10.6 Å². The van der Waals surface area contributed by atoms with Crippen LogP contribution in [0, 0.1) is 18.8 Å². The van der Waals surface area contributed by atoms with Gasteiger partial charge in [0.25, 0.3) is 0 Å². The van der Waals surface area contributed by atoms with Crippen molar-refractivity contribution in [2.24, 2.45) is 11.8 Å². The van der Waals surface area contributed by atoms with Crippen molar-refractivity contribution in [2.75, 3.05) is 17.7 Å². The second kappa shape index (κ2) is 5.79. The zero-order chi connectivity index (χ0) is 15.0. The summed E-state index contributed by atoms with van der Waals surface area (Å²) in [6, 6.07) is 2.71. The molecule has 114 valence electrons. The number of rotatable bonds is 3. The number of hydrogen-bond donors (Lipinski definition) is 2. The van der Waals surface area contributed by atoms with Crippen LogP contribution in [0.1, 0.15) is 38.0 Å². The number of thiophene rings is 1. The van der Waals surface area contributed by atoms with E-state index in [9.17, 15) is 0 Å². The molecule has 0 aromatic carbocycles. The summed E-state index contributed by atoms with van der Waals surface area (Å²) in [6.45, 7) is 6.83. The largest absolute Gasteiger partial charge is 0.366 e. The third-order valence-electron chi connectivity index (χ3n) is 4.49. The van der Waals surface area contributed by atoms with E-state index in [0.29, 0.717) is 17.9 Å². The van der Waals surface area contributed by atoms with Crippen molar-refractivity contribution in [2.45, 2.75) is 46.1 Å². The highest BCUT2D eigenvalue weighted by atomic mass is 32.1. The van der Waals surface area contributed by atoms with Crippen LogP contribution in [0.15, 0.2) is 6.07 Å². The van der Waals surface area contributed by atoms with Crippen LogP contribution in [0.4, 0.5) is 11.8 Å². The summed E-state index contributed by atoms with van der Waals surface area (Å²) in [5.74, 6) is 3.22. The fourth-order valence-electron chi connectivity index (χ4n) is 3.32. The van der Waals surface area contributed by atoms with Gasteiger partial charge in [-0.2, -0.15) is 4.98 Å². The maximum atomic E-state index is 4.65. The Morgan fingerprint density at radius 3 is 2.76 bits per heavy atom. The summed E-state index contributed by atoms with van der Waals surface area (Å²) in [6.07, 6.45) is 3.83. The summed E-state index contributed by atoms with van der Waals surface area (Å²) < 4.78 is 0. The van der Waals surface area contributed by atoms with Gasteiger partial charge >= 0.3 is 0 Å². The van der Waals surface area contributed by atoms with Crippen molar-refractivity contribution < 1.29 is 0 Å². The predicted octanol–water partition coefficient (Wildman–Crippen LogP) is 4.28. The van der Waals surface area contributed by atoms with Gasteiger partial charge in [-0.05, 0) is 44.1 Å². The summed E-state index contributed by atoms with van der Waals surface area (Å²) in [5, 5.41) is 7.92. The van der Waals surface area contributed by atoms with Crippen molar-refractivity contribution in [3.8, 4) is 0 Å². The second-order valence-electron chi connectivity index (χ2n) is 6.37. The molecule has 1 aliphatic carbocycles. The maximum absolute atomic E-state index is 4.65. The van der Waals surface area contributed by atoms with Gasteiger partial charge in [-0.1, -0.05) is 13.8 Å². The van der Waals surface area contributed by atoms with Gasteiger partial charge in [-0.25, -0.2) is 4.98 Å². The number of fused-ring (bicyclic) bond motifs is 1. The molecule has 5 heteroatoms. The molecule has 0 radical (unpaired) electrons. The normalized spacial score (nSPS) is 26.0. The third-order valence-corrected chi connectivity index (χ3v) is 5.44. The lowest BCUT2D eigenvalue weighted by Gasteiger charge is -2.33. The number of aromatic nitrogens is 2. The average Bonchev–Trinajstić information content (AvgIpc) is 2.82. The molecular formula is C16H24N4S. The molecule has 21 heavy (non-hydrogen) atoms. The Kier molecular flexibility index (Phi) is 4.02. The van der Waals surface area contributed by atoms with Crippen molar-refractivity contribution in [3.63, 3.8) is 0 Å². The van der Waals surface area contributed by atoms with Crippen LogP contribution in [0.5, 0.6) is 0 Å². The number of aryl methyl sites for hydroxylation is 1. The Morgan fingerprint density at radius 2 is 2.05 bits per heavy atom. The third kappa shape index (κ3) is 2.98. The van der Waals surface area contributed by atoms with Gasteiger partial charge < -0.3 is 10.6 Å². The molecule has 1 fully saturated rings. The first-order valence-electron chi connectivity index (χ1n) is 7.79. The molecule has 2 heterocycles. The van der Waals surface area contributed by atoms with Crippen LogP contribution in [-0.2, 0) is 0 Å². The summed E-state index contributed by atoms with van der Waals surface area (Å²) in [5.41, 5.74) is 0. The van der Waals surface area contributed by atoms with Gasteiger partial charge in [-0.15, -0.1) is 11.3 Å². The monoisotopic (exact) mass is 304 g/mol. The minimum absolute atomic E-state index is 0.518. The van der Waals surface area contributed by atoms with E-state index in [0.717, 1.165) is 22.0 Å². The molecule has 0 aliphatic heterocycles. The molecule has 0 spiro atoms. The van der Waals surface area contributed by atoms with Crippen LogP contribution < -0.4 is 10.6 Å². The molecule has 1 saturated carbocycles. The maximum Gasteiger partial charge on any atom is 0.225 e. The lowest BCUT2D eigenvalue weighted by molar-refractivity contribution is 0.276. The average molecular weight is 304 g/mol. The molecule has 0 saturated heterocycles. The Hall–Kier alpha value is -1.36. The molecule has 4 nitrogen and oxygen atoms in total. The van der Waals surface area contributed by atoms with Crippen LogP contribution >= 0.6 is 11.3 Å². The lowest BCUT2D eigenvalue weighted by Crippen LogP contribution is -2.33. The van der Waals surface area contributed by atoms with E-state index in [1.807, 2.05) is 7.05 Å². The van der Waals surface area contributed by atoms with Crippen molar-refractivity contribution in [3.05, 3.63) is 10.9 Å². The fourth-order valence-corrected chi connectivity index (χ4v) is 4.20. The predicted molar refractivity (Wildman–Crippen MR) is 91.3 cm³/mol. The first-order valence-corrected chi connectivity index (χ1v) is 8.61. The number of nitrogens with one attached hydrogen (secondary N) is 2. The highest BCUT2D eigenvalue weighted by molar-refractivity contribution is 7.18. The van der Waals surface area contributed by atoms with E-state index in [1.165, 1.54) is 24.1 Å². The Labute approximate surface area is 130 Å².